The average molecular weight is 318 g/mol. The van der Waals surface area contributed by atoms with Crippen molar-refractivity contribution in [2.45, 2.75) is 13.5 Å². The molecule has 0 unspecified atom stereocenters. The maximum Gasteiger partial charge on any atom is 0.263 e. The molecule has 0 saturated carbocycles. The minimum absolute atomic E-state index is 0.159. The van der Waals surface area contributed by atoms with Crippen LogP contribution in [0.15, 0.2) is 15.6 Å². The van der Waals surface area contributed by atoms with Crippen LogP contribution in [0, 0.1) is 0 Å². The number of aromatic nitrogens is 2. The van der Waals surface area contributed by atoms with Crippen molar-refractivity contribution in [3.63, 3.8) is 0 Å². The molecule has 1 aromatic heterocycles. The molecule has 1 aliphatic rings. The van der Waals surface area contributed by atoms with Gasteiger partial charge < -0.3 is 5.32 Å². The monoisotopic (exact) mass is 317 g/mol. The summed E-state index contributed by atoms with van der Waals surface area (Å²) in [7, 11) is 0. The third-order valence-electron chi connectivity index (χ3n) is 1.98. The van der Waals surface area contributed by atoms with Crippen molar-refractivity contribution < 1.29 is 4.79 Å². The first-order valence-electron chi connectivity index (χ1n) is 4.58. The number of nitrogens with zero attached hydrogens (tertiary/aromatic N) is 2. The van der Waals surface area contributed by atoms with Crippen molar-refractivity contribution in [3.8, 4) is 0 Å². The number of hydrogen-bond acceptors (Lipinski definition) is 4. The Kier molecular flexibility index (Phi) is 3.46. The normalized spacial score (nSPS) is 18.2. The largest absolute Gasteiger partial charge is 0.307 e. The number of amides is 1. The molecule has 2 rings (SSSR count). The van der Waals surface area contributed by atoms with Crippen molar-refractivity contribution in [1.29, 1.82) is 0 Å². The summed E-state index contributed by atoms with van der Waals surface area (Å²) >= 11 is 9.56. The third-order valence-corrected chi connectivity index (χ3v) is 3.75. The summed E-state index contributed by atoms with van der Waals surface area (Å²) in [4.78, 5) is 12.0. The van der Waals surface area contributed by atoms with Crippen LogP contribution in [-0.2, 0) is 11.3 Å². The zero-order valence-corrected chi connectivity index (χ0v) is 11.6. The van der Waals surface area contributed by atoms with Gasteiger partial charge in [0.1, 0.15) is 10.0 Å². The molecule has 2 heterocycles. The van der Waals surface area contributed by atoms with Crippen LogP contribution in [0.4, 0.5) is 0 Å². The standard InChI is InChI=1S/C9H8BrN3OS2/c1-2-13-4-5(10)6(12-13)3-7-8(14)11-9(15)16-7/h3-4H,2H2,1H3,(H,11,14,15). The van der Waals surface area contributed by atoms with Crippen molar-refractivity contribution in [2.24, 2.45) is 0 Å². The molecule has 7 heteroatoms. The van der Waals surface area contributed by atoms with E-state index in [1.807, 2.05) is 13.1 Å². The lowest BCUT2D eigenvalue weighted by atomic mass is 10.3. The summed E-state index contributed by atoms with van der Waals surface area (Å²) in [6, 6.07) is 0. The van der Waals surface area contributed by atoms with Crippen LogP contribution in [0.3, 0.4) is 0 Å². The summed E-state index contributed by atoms with van der Waals surface area (Å²) in [5.41, 5.74) is 0.740. The molecule has 4 nitrogen and oxygen atoms in total. The molecule has 1 aromatic rings. The Morgan fingerprint density at radius 3 is 3.00 bits per heavy atom. The first-order valence-corrected chi connectivity index (χ1v) is 6.59. The van der Waals surface area contributed by atoms with Gasteiger partial charge in [-0.05, 0) is 28.9 Å². The van der Waals surface area contributed by atoms with E-state index in [9.17, 15) is 4.79 Å². The molecule has 16 heavy (non-hydrogen) atoms. The van der Waals surface area contributed by atoms with Gasteiger partial charge in [-0.2, -0.15) is 5.10 Å². The maximum absolute atomic E-state index is 11.4. The molecular weight excluding hydrogens is 310 g/mol. The number of thiocarbonyl (C=S) groups is 1. The van der Waals surface area contributed by atoms with Gasteiger partial charge in [0.15, 0.2) is 0 Å². The zero-order chi connectivity index (χ0) is 11.7. The number of carbonyl (C=O) groups excluding carboxylic acids is 1. The Hall–Kier alpha value is -0.660. The zero-order valence-electron chi connectivity index (χ0n) is 8.36. The van der Waals surface area contributed by atoms with E-state index in [1.54, 1.807) is 10.8 Å². The molecule has 1 fully saturated rings. The Morgan fingerprint density at radius 2 is 2.50 bits per heavy atom. The van der Waals surface area contributed by atoms with Gasteiger partial charge in [0, 0.05) is 12.7 Å². The van der Waals surface area contributed by atoms with E-state index in [-0.39, 0.29) is 5.91 Å². The van der Waals surface area contributed by atoms with E-state index in [1.165, 1.54) is 11.8 Å². The smallest absolute Gasteiger partial charge is 0.263 e. The molecule has 0 bridgehead atoms. The predicted molar refractivity (Wildman–Crippen MR) is 71.9 cm³/mol. The van der Waals surface area contributed by atoms with E-state index in [2.05, 4.69) is 26.3 Å². The highest BCUT2D eigenvalue weighted by Gasteiger charge is 2.22. The molecule has 0 atom stereocenters. The number of nitrogens with one attached hydrogen (secondary N) is 1. The number of aryl methyl sites for hydroxylation is 1. The van der Waals surface area contributed by atoms with Crippen LogP contribution < -0.4 is 5.32 Å². The van der Waals surface area contributed by atoms with Crippen LogP contribution in [0.1, 0.15) is 12.6 Å². The number of thioether (sulfide) groups is 1. The lowest BCUT2D eigenvalue weighted by Crippen LogP contribution is -2.17. The van der Waals surface area contributed by atoms with Gasteiger partial charge in [0.2, 0.25) is 0 Å². The molecule has 84 valence electrons. The van der Waals surface area contributed by atoms with Gasteiger partial charge in [0.05, 0.1) is 9.38 Å². The lowest BCUT2D eigenvalue weighted by molar-refractivity contribution is -0.115. The van der Waals surface area contributed by atoms with Gasteiger partial charge >= 0.3 is 0 Å². The molecule has 1 N–H and O–H groups in total. The highest BCUT2D eigenvalue weighted by Crippen LogP contribution is 2.27. The third kappa shape index (κ3) is 2.36. The fourth-order valence-electron chi connectivity index (χ4n) is 1.22. The summed E-state index contributed by atoms with van der Waals surface area (Å²) in [6.07, 6.45) is 3.61. The molecule has 1 saturated heterocycles. The number of carbonyl (C=O) groups is 1. The van der Waals surface area contributed by atoms with Crippen molar-refractivity contribution in [2.75, 3.05) is 0 Å². The summed E-state index contributed by atoms with van der Waals surface area (Å²) in [5, 5.41) is 6.87. The molecule has 0 aromatic carbocycles. The second-order valence-electron chi connectivity index (χ2n) is 3.07. The minimum atomic E-state index is -0.159. The molecule has 0 aliphatic carbocycles. The molecule has 1 aliphatic heterocycles. The SMILES string of the molecule is CCn1cc(Br)c(C=C2SC(=S)NC2=O)n1. The van der Waals surface area contributed by atoms with Crippen LogP contribution in [-0.4, -0.2) is 20.0 Å². The van der Waals surface area contributed by atoms with E-state index < -0.39 is 0 Å². The molecule has 0 spiro atoms. The number of halogens is 1. The molecule has 1 amide bonds. The van der Waals surface area contributed by atoms with Gasteiger partial charge in [-0.15, -0.1) is 0 Å². The van der Waals surface area contributed by atoms with E-state index in [0.717, 1.165) is 16.7 Å². The van der Waals surface area contributed by atoms with E-state index in [4.69, 9.17) is 12.2 Å². The summed E-state index contributed by atoms with van der Waals surface area (Å²) < 4.78 is 3.15. The van der Waals surface area contributed by atoms with Crippen LogP contribution >= 0.6 is 39.9 Å². The van der Waals surface area contributed by atoms with E-state index >= 15 is 0 Å². The van der Waals surface area contributed by atoms with Crippen LogP contribution in [0.5, 0.6) is 0 Å². The first-order chi connectivity index (χ1) is 7.60. The lowest BCUT2D eigenvalue weighted by Gasteiger charge is -1.91. The van der Waals surface area contributed by atoms with Gasteiger partial charge in [-0.1, -0.05) is 24.0 Å². The predicted octanol–water partition coefficient (Wildman–Crippen LogP) is 2.15. The second kappa shape index (κ2) is 4.68. The van der Waals surface area contributed by atoms with Crippen molar-refractivity contribution in [3.05, 3.63) is 21.3 Å². The molecular formula is C9H8BrN3OS2. The molecule has 0 radical (unpaired) electrons. The maximum atomic E-state index is 11.4. The fourth-order valence-corrected chi connectivity index (χ4v) is 2.67. The fraction of sp³-hybridized carbons (Fsp3) is 0.222. The Bertz CT molecular complexity index is 495. The van der Waals surface area contributed by atoms with Crippen molar-refractivity contribution >= 4 is 56.2 Å². The number of rotatable bonds is 2. The van der Waals surface area contributed by atoms with Gasteiger partial charge in [0.25, 0.3) is 5.91 Å². The van der Waals surface area contributed by atoms with Gasteiger partial charge in [-0.3, -0.25) is 9.48 Å². The highest BCUT2D eigenvalue weighted by molar-refractivity contribution is 9.10. The summed E-state index contributed by atoms with van der Waals surface area (Å²) in [5.74, 6) is -0.159. The van der Waals surface area contributed by atoms with Crippen LogP contribution in [0.2, 0.25) is 0 Å². The second-order valence-corrected chi connectivity index (χ2v) is 5.64. The number of hydrogen-bond donors (Lipinski definition) is 1. The topological polar surface area (TPSA) is 46.9 Å². The average Bonchev–Trinajstić information content (AvgIpc) is 2.72. The van der Waals surface area contributed by atoms with E-state index in [0.29, 0.717) is 9.23 Å². The Morgan fingerprint density at radius 1 is 1.75 bits per heavy atom. The Balaban J connectivity index is 2.32. The Labute approximate surface area is 111 Å². The first kappa shape index (κ1) is 11.8. The minimum Gasteiger partial charge on any atom is -0.307 e. The highest BCUT2D eigenvalue weighted by atomic mass is 79.9. The van der Waals surface area contributed by atoms with Gasteiger partial charge in [-0.25, -0.2) is 0 Å². The van der Waals surface area contributed by atoms with Crippen LogP contribution in [0.25, 0.3) is 6.08 Å². The quantitative estimate of drug-likeness (QED) is 0.670. The summed E-state index contributed by atoms with van der Waals surface area (Å²) in [6.45, 7) is 2.79. The van der Waals surface area contributed by atoms with Crippen molar-refractivity contribution in [1.82, 2.24) is 15.1 Å².